The van der Waals surface area contributed by atoms with Crippen molar-refractivity contribution in [3.05, 3.63) is 0 Å². The molecule has 0 aliphatic rings. The van der Waals surface area contributed by atoms with Gasteiger partial charge in [-0.1, -0.05) is 55.4 Å². The van der Waals surface area contributed by atoms with E-state index in [9.17, 15) is 0 Å². The molecule has 0 aliphatic heterocycles. The summed E-state index contributed by atoms with van der Waals surface area (Å²) in [5.74, 6) is 0. The molecule has 192 valence electrons. The molecule has 0 atom stereocenters. The molecule has 31 heavy (non-hydrogen) atoms. The van der Waals surface area contributed by atoms with Gasteiger partial charge in [-0.2, -0.15) is 0 Å². The molecular weight excluding hydrogens is 476 g/mol. The van der Waals surface area contributed by atoms with Crippen molar-refractivity contribution in [1.29, 1.82) is 0 Å². The quantitative estimate of drug-likeness (QED) is 0.220. The second-order valence-corrected chi connectivity index (χ2v) is 10.9. The molecule has 0 bridgehead atoms. The Bertz CT molecular complexity index is 375. The molecular formula is C24H56MoN2O4. The summed E-state index contributed by atoms with van der Waals surface area (Å²) in [5, 5.41) is 0. The Morgan fingerprint density at radius 3 is 0.581 bits per heavy atom. The molecule has 0 saturated heterocycles. The normalized spacial score (nSPS) is 11.9. The predicted molar refractivity (Wildman–Crippen MR) is 123 cm³/mol. The number of rotatable bonds is 16. The van der Waals surface area contributed by atoms with Crippen LogP contribution in [0.2, 0.25) is 0 Å². The maximum atomic E-state index is 8.63. The van der Waals surface area contributed by atoms with E-state index in [-0.39, 0.29) is 0 Å². The van der Waals surface area contributed by atoms with Gasteiger partial charge in [0, 0.05) is 0 Å². The van der Waals surface area contributed by atoms with Gasteiger partial charge in [-0.15, -0.1) is 0 Å². The van der Waals surface area contributed by atoms with Gasteiger partial charge in [0.25, 0.3) is 0 Å². The molecule has 0 aromatic rings. The molecule has 0 unspecified atom stereocenters. The van der Waals surface area contributed by atoms with Crippen molar-refractivity contribution < 1.29 is 40.0 Å². The maximum absolute atomic E-state index is 8.63. The van der Waals surface area contributed by atoms with E-state index >= 15 is 0 Å². The summed E-state index contributed by atoms with van der Waals surface area (Å²) in [6.07, 6.45) is 10.7. The summed E-state index contributed by atoms with van der Waals surface area (Å²) in [6, 6.07) is 0. The monoisotopic (exact) mass is 534 g/mol. The molecule has 0 heterocycles. The van der Waals surface area contributed by atoms with Crippen molar-refractivity contribution in [3.63, 3.8) is 0 Å². The average molecular weight is 533 g/mol. The molecule has 0 spiro atoms. The molecule has 0 saturated carbocycles. The van der Waals surface area contributed by atoms with Gasteiger partial charge in [0.05, 0.1) is 52.4 Å². The van der Waals surface area contributed by atoms with Crippen LogP contribution in [0, 0.1) is 0 Å². The minimum absolute atomic E-state index is 1.33. The van der Waals surface area contributed by atoms with Crippen LogP contribution in [0.5, 0.6) is 0 Å². The Kier molecular flexibility index (Phi) is 25.3. The Morgan fingerprint density at radius 1 is 0.419 bits per heavy atom. The van der Waals surface area contributed by atoms with Gasteiger partial charge in [0.15, 0.2) is 0 Å². The fraction of sp³-hybridized carbons (Fsp3) is 1.00. The zero-order valence-corrected chi connectivity index (χ0v) is 24.3. The standard InChI is InChI=1S/2C12H28N.Mo.4O/c2*1-5-9-13(10-6-2,11-7-3)12-8-4;;;;;/h2*5-12H2,1-4H3;;;;;/q2*+1;;;;2*-1. The molecule has 0 radical (unpaired) electrons. The SMILES string of the molecule is CCC[N+](CCC)(CCC)CCC.CCC[N+](CCC)(CCC)CCC.[O]=[Mo](=[O])([O-])[O-]. The van der Waals surface area contributed by atoms with Gasteiger partial charge in [-0.3, -0.25) is 0 Å². The fourth-order valence-corrected chi connectivity index (χ4v) is 5.14. The summed E-state index contributed by atoms with van der Waals surface area (Å²) in [6.45, 7) is 29.6. The summed E-state index contributed by atoms with van der Waals surface area (Å²) >= 11 is -6.02. The van der Waals surface area contributed by atoms with Crippen LogP contribution in [0.15, 0.2) is 0 Å². The Labute approximate surface area is 198 Å². The predicted octanol–water partition coefficient (Wildman–Crippen LogP) is 4.27. The van der Waals surface area contributed by atoms with Crippen LogP contribution in [0.25, 0.3) is 0 Å². The first-order chi connectivity index (χ1) is 14.5. The summed E-state index contributed by atoms with van der Waals surface area (Å²) in [4.78, 5) is 0. The molecule has 0 rings (SSSR count). The molecule has 6 nitrogen and oxygen atoms in total. The zero-order valence-electron chi connectivity index (χ0n) is 22.2. The van der Waals surface area contributed by atoms with E-state index in [1.165, 1.54) is 113 Å². The van der Waals surface area contributed by atoms with E-state index in [1.807, 2.05) is 0 Å². The van der Waals surface area contributed by atoms with Gasteiger partial charge in [-0.25, -0.2) is 0 Å². The van der Waals surface area contributed by atoms with Crippen molar-refractivity contribution in [3.8, 4) is 0 Å². The zero-order chi connectivity index (χ0) is 24.8. The number of hydrogen-bond donors (Lipinski definition) is 0. The minimum atomic E-state index is -6.02. The molecule has 0 N–H and O–H groups in total. The van der Waals surface area contributed by atoms with Crippen molar-refractivity contribution in [2.75, 3.05) is 52.4 Å². The van der Waals surface area contributed by atoms with E-state index in [4.69, 9.17) is 14.3 Å². The Balaban J connectivity index is -0.000000416. The van der Waals surface area contributed by atoms with Crippen LogP contribution in [0.3, 0.4) is 0 Å². The third-order valence-electron chi connectivity index (χ3n) is 5.58. The molecule has 0 fully saturated rings. The number of quaternary nitrogens is 2. The van der Waals surface area contributed by atoms with Crippen LogP contribution in [-0.2, 0) is 23.5 Å². The van der Waals surface area contributed by atoms with Gasteiger partial charge < -0.3 is 8.97 Å². The summed E-state index contributed by atoms with van der Waals surface area (Å²) in [5.41, 5.74) is 0. The van der Waals surface area contributed by atoms with E-state index in [2.05, 4.69) is 55.4 Å². The van der Waals surface area contributed by atoms with Crippen molar-refractivity contribution in [2.24, 2.45) is 0 Å². The van der Waals surface area contributed by atoms with Gasteiger partial charge >= 0.3 is 31.1 Å². The van der Waals surface area contributed by atoms with Gasteiger partial charge in [0.1, 0.15) is 0 Å². The number of hydrogen-bond acceptors (Lipinski definition) is 4. The van der Waals surface area contributed by atoms with Crippen LogP contribution in [0.1, 0.15) is 107 Å². The fourth-order valence-electron chi connectivity index (χ4n) is 5.14. The van der Waals surface area contributed by atoms with Crippen molar-refractivity contribution in [2.45, 2.75) is 107 Å². The Morgan fingerprint density at radius 2 is 0.516 bits per heavy atom. The topological polar surface area (TPSA) is 80.3 Å². The molecule has 0 aromatic heterocycles. The van der Waals surface area contributed by atoms with Gasteiger partial charge in [0.2, 0.25) is 0 Å². The van der Waals surface area contributed by atoms with Crippen LogP contribution in [0.4, 0.5) is 0 Å². The first-order valence-electron chi connectivity index (χ1n) is 12.9. The first kappa shape index (κ1) is 35.7. The van der Waals surface area contributed by atoms with Gasteiger partial charge in [-0.05, 0) is 51.4 Å². The summed E-state index contributed by atoms with van der Waals surface area (Å²) in [7, 11) is 0. The van der Waals surface area contributed by atoms with E-state index in [1.54, 1.807) is 0 Å². The Hall–Kier alpha value is 0.128. The van der Waals surface area contributed by atoms with Crippen molar-refractivity contribution >= 4 is 0 Å². The van der Waals surface area contributed by atoms with E-state index in [0.717, 1.165) is 0 Å². The summed E-state index contributed by atoms with van der Waals surface area (Å²) < 4.78 is 37.3. The van der Waals surface area contributed by atoms with Crippen LogP contribution in [-0.4, -0.2) is 61.3 Å². The van der Waals surface area contributed by atoms with Crippen molar-refractivity contribution in [1.82, 2.24) is 0 Å². The molecule has 0 aromatic carbocycles. The first-order valence-corrected chi connectivity index (χ1v) is 16.1. The second-order valence-electron chi connectivity index (χ2n) is 8.88. The van der Waals surface area contributed by atoms with Crippen LogP contribution < -0.4 is 7.52 Å². The third-order valence-corrected chi connectivity index (χ3v) is 5.58. The second kappa shape index (κ2) is 21.9. The van der Waals surface area contributed by atoms with E-state index in [0.29, 0.717) is 0 Å². The molecule has 7 heteroatoms. The molecule has 0 amide bonds. The molecule has 0 aliphatic carbocycles. The number of nitrogens with zero attached hydrogens (tertiary/aromatic N) is 2. The third kappa shape index (κ3) is 23.1. The van der Waals surface area contributed by atoms with Crippen LogP contribution >= 0.6 is 0 Å². The average Bonchev–Trinajstić information content (AvgIpc) is 2.63. The van der Waals surface area contributed by atoms with E-state index < -0.39 is 16.7 Å².